The van der Waals surface area contributed by atoms with E-state index in [9.17, 15) is 0 Å². The number of nitrogens with zero attached hydrogens (tertiary/aromatic N) is 4. The van der Waals surface area contributed by atoms with Gasteiger partial charge in [0, 0.05) is 18.2 Å². The Hall–Kier alpha value is -3.07. The van der Waals surface area contributed by atoms with Crippen molar-refractivity contribution in [2.45, 2.75) is 25.8 Å². The molecule has 0 bridgehead atoms. The third-order valence-electron chi connectivity index (χ3n) is 5.04. The number of methoxy groups -OCH3 is 1. The normalized spacial score (nSPS) is 17.2. The third kappa shape index (κ3) is 3.29. The lowest BCUT2D eigenvalue weighted by atomic mass is 10.1. The molecule has 1 aromatic carbocycles. The zero-order chi connectivity index (χ0) is 19.7. The second kappa shape index (κ2) is 7.51. The molecule has 1 aliphatic heterocycles. The van der Waals surface area contributed by atoms with Crippen molar-refractivity contribution >= 4 is 28.5 Å². The van der Waals surface area contributed by atoms with E-state index in [1.807, 2.05) is 18.2 Å². The number of nitrogens with two attached hydrogens (primary N) is 2. The van der Waals surface area contributed by atoms with Crippen LogP contribution >= 0.6 is 0 Å². The lowest BCUT2D eigenvalue weighted by Crippen LogP contribution is -2.46. The van der Waals surface area contributed by atoms with Gasteiger partial charge < -0.3 is 25.8 Å². The van der Waals surface area contributed by atoms with E-state index in [4.69, 9.17) is 20.9 Å². The summed E-state index contributed by atoms with van der Waals surface area (Å²) in [4.78, 5) is 11.2. The summed E-state index contributed by atoms with van der Waals surface area (Å²) < 4.78 is 11.2. The van der Waals surface area contributed by atoms with Crippen LogP contribution in [0, 0.1) is 0 Å². The minimum absolute atomic E-state index is 0.234. The number of aromatic nitrogens is 4. The fourth-order valence-corrected chi connectivity index (χ4v) is 3.73. The van der Waals surface area contributed by atoms with Gasteiger partial charge in [-0.25, -0.2) is 4.98 Å². The lowest BCUT2D eigenvalue weighted by molar-refractivity contribution is 0.0909. The van der Waals surface area contributed by atoms with E-state index in [1.165, 1.54) is 0 Å². The molecule has 1 saturated heterocycles. The second-order valence-corrected chi connectivity index (χ2v) is 6.89. The molecule has 2 aromatic heterocycles. The van der Waals surface area contributed by atoms with Gasteiger partial charge in [0.2, 0.25) is 5.95 Å². The van der Waals surface area contributed by atoms with Crippen molar-refractivity contribution in [3.8, 4) is 17.0 Å². The molecule has 28 heavy (non-hydrogen) atoms. The molecule has 148 valence electrons. The smallest absolute Gasteiger partial charge is 0.222 e. The van der Waals surface area contributed by atoms with E-state index in [0.29, 0.717) is 24.8 Å². The molecule has 1 aliphatic rings. The summed E-state index contributed by atoms with van der Waals surface area (Å²) in [5, 5.41) is 7.76. The number of hydrogen-bond donors (Lipinski definition) is 3. The Labute approximate surface area is 163 Å². The van der Waals surface area contributed by atoms with E-state index in [0.717, 1.165) is 47.4 Å². The Morgan fingerprint density at radius 2 is 2.14 bits per heavy atom. The van der Waals surface area contributed by atoms with Crippen molar-refractivity contribution in [2.24, 2.45) is 0 Å². The molecule has 3 heterocycles. The molecule has 0 radical (unpaired) electrons. The zero-order valence-corrected chi connectivity index (χ0v) is 16.1. The van der Waals surface area contributed by atoms with Crippen LogP contribution in [0.15, 0.2) is 18.2 Å². The number of anilines is 3. The van der Waals surface area contributed by atoms with Gasteiger partial charge in [0.05, 0.1) is 43.0 Å². The van der Waals surface area contributed by atoms with Crippen LogP contribution in [0.4, 0.5) is 17.6 Å². The number of fused-ring (bicyclic) bond motifs is 1. The fraction of sp³-hybridized carbons (Fsp3) is 0.421. The average Bonchev–Trinajstić information content (AvgIpc) is 3.08. The van der Waals surface area contributed by atoms with Gasteiger partial charge >= 0.3 is 0 Å². The summed E-state index contributed by atoms with van der Waals surface area (Å²) in [6.45, 7) is 4.32. The Morgan fingerprint density at radius 3 is 2.93 bits per heavy atom. The Balaban J connectivity index is 1.78. The molecule has 0 saturated carbocycles. The van der Waals surface area contributed by atoms with Crippen LogP contribution in [0.5, 0.6) is 5.75 Å². The molecule has 1 atom stereocenters. The number of nitrogens with one attached hydrogen (secondary N) is 1. The summed E-state index contributed by atoms with van der Waals surface area (Å²) in [6.07, 6.45) is 2.11. The number of morpholine rings is 1. The summed E-state index contributed by atoms with van der Waals surface area (Å²) in [7, 11) is 1.60. The first kappa shape index (κ1) is 18.3. The molecule has 0 amide bonds. The highest BCUT2D eigenvalue weighted by molar-refractivity contribution is 5.97. The van der Waals surface area contributed by atoms with E-state index in [1.54, 1.807) is 7.11 Å². The predicted octanol–water partition coefficient (Wildman–Crippen LogP) is 2.20. The number of aromatic amines is 1. The number of ether oxygens (including phenoxy) is 2. The average molecular weight is 383 g/mol. The van der Waals surface area contributed by atoms with Crippen molar-refractivity contribution < 1.29 is 9.47 Å². The van der Waals surface area contributed by atoms with Crippen molar-refractivity contribution in [2.75, 3.05) is 43.2 Å². The van der Waals surface area contributed by atoms with Crippen LogP contribution < -0.4 is 21.1 Å². The van der Waals surface area contributed by atoms with Crippen LogP contribution in [0.3, 0.4) is 0 Å². The van der Waals surface area contributed by atoms with Gasteiger partial charge in [-0.2, -0.15) is 10.1 Å². The van der Waals surface area contributed by atoms with Gasteiger partial charge in [0.25, 0.3) is 0 Å². The first-order valence-corrected chi connectivity index (χ1v) is 9.41. The van der Waals surface area contributed by atoms with Gasteiger partial charge in [-0.05, 0) is 18.6 Å². The SMILES string of the molecule is CCCC1COCCN1c1cc(-c2cc(OC)c3c(N)n[nH]c3c2)nc(N)n1. The summed E-state index contributed by atoms with van der Waals surface area (Å²) in [6, 6.07) is 6.08. The monoisotopic (exact) mass is 383 g/mol. The van der Waals surface area contributed by atoms with Crippen LogP contribution in [-0.4, -0.2) is 53.1 Å². The molecule has 1 fully saturated rings. The number of H-pyrrole nitrogens is 1. The van der Waals surface area contributed by atoms with Crippen molar-refractivity contribution in [3.05, 3.63) is 18.2 Å². The van der Waals surface area contributed by atoms with Gasteiger partial charge in [0.1, 0.15) is 11.6 Å². The topological polar surface area (TPSA) is 128 Å². The predicted molar refractivity (Wildman–Crippen MR) is 109 cm³/mol. The summed E-state index contributed by atoms with van der Waals surface area (Å²) >= 11 is 0. The van der Waals surface area contributed by atoms with Gasteiger partial charge in [0.15, 0.2) is 5.82 Å². The molecular formula is C19H25N7O2. The van der Waals surface area contributed by atoms with Gasteiger partial charge in [-0.3, -0.25) is 5.10 Å². The van der Waals surface area contributed by atoms with Crippen LogP contribution in [0.25, 0.3) is 22.2 Å². The first-order valence-electron chi connectivity index (χ1n) is 9.41. The largest absolute Gasteiger partial charge is 0.496 e. The highest BCUT2D eigenvalue weighted by atomic mass is 16.5. The van der Waals surface area contributed by atoms with Crippen LogP contribution in [0.1, 0.15) is 19.8 Å². The van der Waals surface area contributed by atoms with Gasteiger partial charge in [-0.15, -0.1) is 0 Å². The maximum Gasteiger partial charge on any atom is 0.222 e. The number of benzene rings is 1. The minimum atomic E-state index is 0.234. The number of rotatable bonds is 5. The highest BCUT2D eigenvalue weighted by Gasteiger charge is 2.24. The molecular weight excluding hydrogens is 358 g/mol. The fourth-order valence-electron chi connectivity index (χ4n) is 3.73. The van der Waals surface area contributed by atoms with E-state index >= 15 is 0 Å². The molecule has 3 aromatic rings. The summed E-state index contributed by atoms with van der Waals surface area (Å²) in [5.41, 5.74) is 14.4. The minimum Gasteiger partial charge on any atom is -0.496 e. The first-order chi connectivity index (χ1) is 13.6. The van der Waals surface area contributed by atoms with E-state index in [-0.39, 0.29) is 12.0 Å². The van der Waals surface area contributed by atoms with Crippen LogP contribution in [-0.2, 0) is 4.74 Å². The maximum atomic E-state index is 6.06. The molecule has 4 rings (SSSR count). The third-order valence-corrected chi connectivity index (χ3v) is 5.04. The molecule has 9 heteroatoms. The Morgan fingerprint density at radius 1 is 1.29 bits per heavy atom. The van der Waals surface area contributed by atoms with E-state index < -0.39 is 0 Å². The Bertz CT molecular complexity index is 986. The number of hydrogen-bond acceptors (Lipinski definition) is 8. The summed E-state index contributed by atoms with van der Waals surface area (Å²) in [5.74, 6) is 2.08. The molecule has 9 nitrogen and oxygen atoms in total. The second-order valence-electron chi connectivity index (χ2n) is 6.89. The molecule has 5 N–H and O–H groups in total. The van der Waals surface area contributed by atoms with Crippen molar-refractivity contribution in [3.63, 3.8) is 0 Å². The molecule has 0 spiro atoms. The number of nitrogen functional groups attached to an aromatic ring is 2. The zero-order valence-electron chi connectivity index (χ0n) is 16.1. The molecule has 0 aliphatic carbocycles. The van der Waals surface area contributed by atoms with E-state index in [2.05, 4.69) is 32.0 Å². The lowest BCUT2D eigenvalue weighted by Gasteiger charge is -2.36. The van der Waals surface area contributed by atoms with Crippen molar-refractivity contribution in [1.29, 1.82) is 0 Å². The Kier molecular flexibility index (Phi) is 4.91. The highest BCUT2D eigenvalue weighted by Crippen LogP contribution is 2.35. The quantitative estimate of drug-likeness (QED) is 0.612. The maximum absolute atomic E-state index is 6.06. The van der Waals surface area contributed by atoms with Gasteiger partial charge in [-0.1, -0.05) is 13.3 Å². The van der Waals surface area contributed by atoms with Crippen molar-refractivity contribution in [1.82, 2.24) is 20.2 Å². The van der Waals surface area contributed by atoms with Crippen LogP contribution in [0.2, 0.25) is 0 Å². The molecule has 1 unspecified atom stereocenters. The standard InChI is InChI=1S/C19H25N7O2/c1-3-4-12-10-28-6-5-26(12)16-9-13(22-19(21)23-16)11-7-14-17(15(8-11)27-2)18(20)25-24-14/h7-9,12H,3-6,10H2,1-2H3,(H3,20,24,25)(H2,21,22,23).